The van der Waals surface area contributed by atoms with Crippen molar-refractivity contribution >= 4 is 37.1 Å². The summed E-state index contributed by atoms with van der Waals surface area (Å²) >= 11 is 0. The van der Waals surface area contributed by atoms with Crippen molar-refractivity contribution < 1.29 is 26.7 Å². The maximum absolute atomic E-state index is 13.4. The van der Waals surface area contributed by atoms with E-state index in [1.54, 1.807) is 0 Å². The number of aliphatic hydroxyl groups is 1. The molecule has 2 fully saturated rings. The van der Waals surface area contributed by atoms with E-state index in [1.807, 2.05) is 4.90 Å². The highest BCUT2D eigenvalue weighted by atomic mass is 32.2. The third kappa shape index (κ3) is 3.77. The van der Waals surface area contributed by atoms with Gasteiger partial charge in [0.25, 0.3) is 5.91 Å². The Morgan fingerprint density at radius 3 is 2.66 bits per heavy atom. The number of amides is 1. The summed E-state index contributed by atoms with van der Waals surface area (Å²) in [6, 6.07) is 4.08. The van der Waals surface area contributed by atoms with E-state index in [1.165, 1.54) is 18.2 Å². The lowest BCUT2D eigenvalue weighted by Crippen LogP contribution is -2.49. The number of benzene rings is 1. The minimum absolute atomic E-state index is 0.0152. The summed E-state index contributed by atoms with van der Waals surface area (Å²) in [5.41, 5.74) is 0.405. The normalized spacial score (nSPS) is 26.8. The fourth-order valence-corrected chi connectivity index (χ4v) is 6.81. The fraction of sp³-hybridized carbons (Fsp3) is 0.476. The summed E-state index contributed by atoms with van der Waals surface area (Å²) in [5, 5.41) is 14.9. The topological polar surface area (TPSA) is 133 Å². The Kier molecular flexibility index (Phi) is 4.82. The average molecular weight is 480 g/mol. The van der Waals surface area contributed by atoms with Gasteiger partial charge in [0.2, 0.25) is 19.9 Å². The Hall–Kier alpha value is -2.53. The van der Waals surface area contributed by atoms with Gasteiger partial charge >= 0.3 is 0 Å². The highest BCUT2D eigenvalue weighted by Gasteiger charge is 2.47. The van der Waals surface area contributed by atoms with Gasteiger partial charge in [-0.2, -0.15) is 0 Å². The third-order valence-corrected chi connectivity index (χ3v) is 8.62. The number of sulfonamides is 1. The Morgan fingerprint density at radius 2 is 1.97 bits per heavy atom. The molecule has 0 radical (unpaired) electrons. The van der Waals surface area contributed by atoms with Gasteiger partial charge < -0.3 is 15.3 Å². The van der Waals surface area contributed by atoms with Crippen molar-refractivity contribution in [1.82, 2.24) is 4.90 Å². The molecule has 2 aliphatic heterocycles. The van der Waals surface area contributed by atoms with Crippen LogP contribution in [0.15, 0.2) is 45.5 Å². The predicted molar refractivity (Wildman–Crippen MR) is 119 cm³/mol. The summed E-state index contributed by atoms with van der Waals surface area (Å²) in [6.45, 7) is 0.633. The van der Waals surface area contributed by atoms with Crippen molar-refractivity contribution in [2.45, 2.75) is 43.0 Å². The highest BCUT2D eigenvalue weighted by Crippen LogP contribution is 2.45. The number of nitrogens with one attached hydrogen (secondary N) is 2. The first-order valence-electron chi connectivity index (χ1n) is 10.6. The van der Waals surface area contributed by atoms with Gasteiger partial charge in [0, 0.05) is 24.2 Å². The van der Waals surface area contributed by atoms with Gasteiger partial charge in [0.1, 0.15) is 11.3 Å². The molecule has 0 unspecified atom stereocenters. The zero-order valence-corrected chi connectivity index (χ0v) is 19.2. The van der Waals surface area contributed by atoms with Crippen molar-refractivity contribution in [2.75, 3.05) is 22.8 Å². The van der Waals surface area contributed by atoms with Gasteiger partial charge in [0.05, 0.1) is 27.9 Å². The van der Waals surface area contributed by atoms with Gasteiger partial charge in [-0.1, -0.05) is 6.42 Å². The summed E-state index contributed by atoms with van der Waals surface area (Å²) < 4.78 is 51.3. The molecule has 0 aromatic heterocycles. The number of rotatable bonds is 5. The van der Waals surface area contributed by atoms with Crippen LogP contribution in [0.25, 0.3) is 0 Å². The predicted octanol–water partition coefficient (Wildman–Crippen LogP) is 2.33. The van der Waals surface area contributed by atoms with Crippen molar-refractivity contribution in [3.63, 3.8) is 0 Å². The SMILES string of the molecule is CS(=O)(=O)Nc1ccc2c(c1)S(=O)(=O)C=C(C1=C(O)[C@@H]3CCC[C@@H]3N(CC3CC3)C1=O)N2. The van der Waals surface area contributed by atoms with E-state index in [0.29, 0.717) is 12.5 Å². The molecule has 1 aromatic carbocycles. The maximum atomic E-state index is 13.4. The van der Waals surface area contributed by atoms with Gasteiger partial charge in [-0.05, 0) is 49.8 Å². The number of carbonyl (C=O) groups is 1. The maximum Gasteiger partial charge on any atom is 0.259 e. The van der Waals surface area contributed by atoms with Crippen LogP contribution in [-0.4, -0.2) is 51.6 Å². The number of nitrogens with zero attached hydrogens (tertiary/aromatic N) is 1. The van der Waals surface area contributed by atoms with Crippen molar-refractivity contribution in [3.8, 4) is 0 Å². The van der Waals surface area contributed by atoms with E-state index in [-0.39, 0.29) is 51.2 Å². The van der Waals surface area contributed by atoms with Crippen LogP contribution < -0.4 is 10.0 Å². The first-order valence-corrected chi connectivity index (χ1v) is 14.1. The minimum Gasteiger partial charge on any atom is -0.511 e. The molecule has 1 amide bonds. The molecule has 32 heavy (non-hydrogen) atoms. The molecule has 172 valence electrons. The molecule has 5 rings (SSSR count). The second kappa shape index (κ2) is 7.24. The largest absolute Gasteiger partial charge is 0.511 e. The van der Waals surface area contributed by atoms with Crippen LogP contribution in [0.3, 0.4) is 0 Å². The average Bonchev–Trinajstić information content (AvgIpc) is 3.37. The summed E-state index contributed by atoms with van der Waals surface area (Å²) in [7, 11) is -7.57. The molecule has 0 bridgehead atoms. The number of hydrogen-bond donors (Lipinski definition) is 3. The number of anilines is 2. The lowest BCUT2D eigenvalue weighted by atomic mass is 9.89. The monoisotopic (exact) mass is 479 g/mol. The van der Waals surface area contributed by atoms with Crippen LogP contribution in [0.4, 0.5) is 11.4 Å². The first kappa shape index (κ1) is 21.3. The lowest BCUT2D eigenvalue weighted by molar-refractivity contribution is -0.131. The number of carbonyl (C=O) groups excluding carboxylic acids is 1. The van der Waals surface area contributed by atoms with E-state index >= 15 is 0 Å². The highest BCUT2D eigenvalue weighted by molar-refractivity contribution is 7.94. The quantitative estimate of drug-likeness (QED) is 0.590. The van der Waals surface area contributed by atoms with Gasteiger partial charge in [-0.3, -0.25) is 9.52 Å². The van der Waals surface area contributed by atoms with Gasteiger partial charge in [-0.25, -0.2) is 16.8 Å². The van der Waals surface area contributed by atoms with Crippen LogP contribution in [0.1, 0.15) is 32.1 Å². The van der Waals surface area contributed by atoms with E-state index in [4.69, 9.17) is 0 Å². The Bertz CT molecular complexity index is 1280. The zero-order valence-electron chi connectivity index (χ0n) is 17.5. The molecular weight excluding hydrogens is 454 g/mol. The second-order valence-corrected chi connectivity index (χ2v) is 12.6. The standard InChI is InChI=1S/C21H25N3O6S2/c1-31(27,28)23-13-7-8-15-18(9-13)32(29,30)11-16(22-15)19-20(25)14-3-2-4-17(14)24(21(19)26)10-12-5-6-12/h7-9,11-12,14,17,22-23,25H,2-6,10H2,1H3/t14-,17+/m1/s1. The number of hydrogen-bond acceptors (Lipinski definition) is 7. The second-order valence-electron chi connectivity index (χ2n) is 9.05. The smallest absolute Gasteiger partial charge is 0.259 e. The molecular formula is C21H25N3O6S2. The number of sulfone groups is 1. The van der Waals surface area contributed by atoms with Crippen LogP contribution >= 0.6 is 0 Å². The van der Waals surface area contributed by atoms with Gasteiger partial charge in [-0.15, -0.1) is 0 Å². The number of fused-ring (bicyclic) bond motifs is 2. The molecule has 2 atom stereocenters. The summed E-state index contributed by atoms with van der Waals surface area (Å²) in [4.78, 5) is 15.2. The molecule has 2 heterocycles. The van der Waals surface area contributed by atoms with Crippen LogP contribution in [0.2, 0.25) is 0 Å². The van der Waals surface area contributed by atoms with Crippen molar-refractivity contribution in [2.24, 2.45) is 11.8 Å². The molecule has 4 aliphatic rings. The first-order chi connectivity index (χ1) is 15.0. The lowest BCUT2D eigenvalue weighted by Gasteiger charge is -2.39. The fourth-order valence-electron chi connectivity index (χ4n) is 4.92. The van der Waals surface area contributed by atoms with E-state index < -0.39 is 19.9 Å². The van der Waals surface area contributed by atoms with E-state index in [9.17, 15) is 26.7 Å². The molecule has 11 heteroatoms. The third-order valence-electron chi connectivity index (χ3n) is 6.52. The van der Waals surface area contributed by atoms with Crippen LogP contribution in [0, 0.1) is 11.8 Å². The van der Waals surface area contributed by atoms with Crippen LogP contribution in [0.5, 0.6) is 0 Å². The Balaban J connectivity index is 1.54. The summed E-state index contributed by atoms with van der Waals surface area (Å²) in [5.74, 6) is -0.0996. The molecule has 1 aromatic rings. The van der Waals surface area contributed by atoms with Crippen molar-refractivity contribution in [1.29, 1.82) is 0 Å². The molecule has 9 nitrogen and oxygen atoms in total. The zero-order chi connectivity index (χ0) is 22.8. The molecule has 0 spiro atoms. The number of aliphatic hydroxyl groups excluding tert-OH is 1. The van der Waals surface area contributed by atoms with E-state index in [2.05, 4.69) is 10.0 Å². The van der Waals surface area contributed by atoms with Crippen molar-refractivity contribution in [3.05, 3.63) is 40.6 Å². The summed E-state index contributed by atoms with van der Waals surface area (Å²) in [6.07, 6.45) is 5.64. The molecule has 2 saturated carbocycles. The molecule has 3 N–H and O–H groups in total. The molecule has 0 saturated heterocycles. The van der Waals surface area contributed by atoms with Crippen LogP contribution in [-0.2, 0) is 24.7 Å². The van der Waals surface area contributed by atoms with Gasteiger partial charge in [0.15, 0.2) is 0 Å². The molecule has 2 aliphatic carbocycles. The van der Waals surface area contributed by atoms with E-state index in [0.717, 1.165) is 43.8 Å². The Morgan fingerprint density at radius 1 is 1.22 bits per heavy atom. The minimum atomic E-state index is -3.99. The Labute approximate surface area is 187 Å².